The van der Waals surface area contributed by atoms with E-state index in [4.69, 9.17) is 14.6 Å². The van der Waals surface area contributed by atoms with Crippen LogP contribution in [0.3, 0.4) is 0 Å². The summed E-state index contributed by atoms with van der Waals surface area (Å²) in [6.45, 7) is 3.19. The van der Waals surface area contributed by atoms with Gasteiger partial charge in [-0.2, -0.15) is 0 Å². The number of carbonyl (C=O) groups excluding carboxylic acids is 1. The number of aliphatic carboxylic acids is 1. The molecule has 1 fully saturated rings. The van der Waals surface area contributed by atoms with Crippen LogP contribution >= 0.6 is 0 Å². The Balaban J connectivity index is 1.84. The minimum absolute atomic E-state index is 0.00838. The first kappa shape index (κ1) is 20.9. The number of carboxylic acids is 1. The fourth-order valence-electron chi connectivity index (χ4n) is 2.98. The summed E-state index contributed by atoms with van der Waals surface area (Å²) in [7, 11) is 1.54. The van der Waals surface area contributed by atoms with Gasteiger partial charge in [-0.25, -0.2) is 9.18 Å². The summed E-state index contributed by atoms with van der Waals surface area (Å²) >= 11 is 0. The van der Waals surface area contributed by atoms with Crippen molar-refractivity contribution in [3.05, 3.63) is 24.0 Å². The van der Waals surface area contributed by atoms with Crippen molar-refractivity contribution in [3.8, 4) is 5.75 Å². The second-order valence-electron chi connectivity index (χ2n) is 6.36. The van der Waals surface area contributed by atoms with Crippen molar-refractivity contribution in [3.63, 3.8) is 0 Å². The van der Waals surface area contributed by atoms with Gasteiger partial charge < -0.3 is 25.2 Å². The second-order valence-corrected chi connectivity index (χ2v) is 6.36. The molecular formula is C18H26FN3O5. The number of carboxylic acid groups (broad SMARTS) is 1. The molecule has 2 rings (SSSR count). The highest BCUT2D eigenvalue weighted by atomic mass is 19.1. The Labute approximate surface area is 157 Å². The molecule has 0 bridgehead atoms. The Morgan fingerprint density at radius 3 is 2.70 bits per heavy atom. The predicted molar refractivity (Wildman–Crippen MR) is 97.6 cm³/mol. The van der Waals surface area contributed by atoms with Gasteiger partial charge in [-0.15, -0.1) is 0 Å². The van der Waals surface area contributed by atoms with Crippen molar-refractivity contribution in [2.45, 2.75) is 31.8 Å². The van der Waals surface area contributed by atoms with Crippen molar-refractivity contribution in [2.24, 2.45) is 0 Å². The lowest BCUT2D eigenvalue weighted by Gasteiger charge is -2.42. The van der Waals surface area contributed by atoms with Gasteiger partial charge in [0.15, 0.2) is 0 Å². The van der Waals surface area contributed by atoms with Gasteiger partial charge in [-0.1, -0.05) is 6.92 Å². The number of urea groups is 1. The van der Waals surface area contributed by atoms with Crippen molar-refractivity contribution in [1.82, 2.24) is 10.2 Å². The van der Waals surface area contributed by atoms with Gasteiger partial charge in [0.1, 0.15) is 18.2 Å². The molecule has 1 saturated carbocycles. The molecule has 1 aliphatic rings. The zero-order valence-corrected chi connectivity index (χ0v) is 15.5. The van der Waals surface area contributed by atoms with Crippen molar-refractivity contribution in [2.75, 3.05) is 38.7 Å². The summed E-state index contributed by atoms with van der Waals surface area (Å²) in [5.74, 6) is -0.993. The standard InChI is InChI=1S/C18H26FN3O5/c1-3-22(11-17(23)24)14-9-13(10-14)20-18(25)21-15-8-12(19)4-5-16(15)27-7-6-26-2/h4-5,8,13-14H,3,6-7,9-11H2,1-2H3,(H,23,24)(H2,20,21,25). The number of amides is 2. The first-order valence-electron chi connectivity index (χ1n) is 8.87. The van der Waals surface area contributed by atoms with E-state index in [1.807, 2.05) is 11.8 Å². The third-order valence-corrected chi connectivity index (χ3v) is 4.44. The highest BCUT2D eigenvalue weighted by molar-refractivity contribution is 5.91. The molecule has 0 aliphatic heterocycles. The highest BCUT2D eigenvalue weighted by Gasteiger charge is 2.34. The maximum atomic E-state index is 13.5. The normalized spacial score (nSPS) is 18.7. The number of nitrogens with zero attached hydrogens (tertiary/aromatic N) is 1. The molecular weight excluding hydrogens is 357 g/mol. The van der Waals surface area contributed by atoms with Crippen LogP contribution in [-0.2, 0) is 9.53 Å². The lowest BCUT2D eigenvalue weighted by molar-refractivity contribution is -0.139. The molecule has 150 valence electrons. The van der Waals surface area contributed by atoms with E-state index in [2.05, 4.69) is 10.6 Å². The fourth-order valence-corrected chi connectivity index (χ4v) is 2.98. The van der Waals surface area contributed by atoms with E-state index < -0.39 is 17.8 Å². The number of rotatable bonds is 10. The molecule has 0 atom stereocenters. The number of halogens is 1. The van der Waals surface area contributed by atoms with Crippen molar-refractivity contribution >= 4 is 17.7 Å². The predicted octanol–water partition coefficient (Wildman–Crippen LogP) is 1.91. The van der Waals surface area contributed by atoms with E-state index in [0.29, 0.717) is 31.7 Å². The molecule has 8 nitrogen and oxygen atoms in total. The summed E-state index contributed by atoms with van der Waals surface area (Å²) in [5.41, 5.74) is 0.237. The molecule has 0 heterocycles. The summed E-state index contributed by atoms with van der Waals surface area (Å²) in [6, 6.07) is 3.52. The van der Waals surface area contributed by atoms with Gasteiger partial charge in [0.05, 0.1) is 18.8 Å². The van der Waals surface area contributed by atoms with E-state index in [1.54, 1.807) is 7.11 Å². The molecule has 3 N–H and O–H groups in total. The zero-order chi connectivity index (χ0) is 19.8. The van der Waals surface area contributed by atoms with Crippen LogP contribution in [0.25, 0.3) is 0 Å². The number of hydrogen-bond acceptors (Lipinski definition) is 5. The van der Waals surface area contributed by atoms with Gasteiger partial charge in [0.25, 0.3) is 0 Å². The molecule has 27 heavy (non-hydrogen) atoms. The lowest BCUT2D eigenvalue weighted by Crippen LogP contribution is -2.55. The van der Waals surface area contributed by atoms with Crippen molar-refractivity contribution < 1.29 is 28.6 Å². The largest absolute Gasteiger partial charge is 0.489 e. The molecule has 0 unspecified atom stereocenters. The van der Waals surface area contributed by atoms with E-state index in [0.717, 1.165) is 0 Å². The molecule has 0 radical (unpaired) electrons. The fraction of sp³-hybridized carbons (Fsp3) is 0.556. The second kappa shape index (κ2) is 10.1. The smallest absolute Gasteiger partial charge is 0.319 e. The van der Waals surface area contributed by atoms with Gasteiger partial charge in [-0.05, 0) is 31.5 Å². The van der Waals surface area contributed by atoms with E-state index in [1.165, 1.54) is 18.2 Å². The van der Waals surface area contributed by atoms with Crippen LogP contribution in [0.2, 0.25) is 0 Å². The maximum Gasteiger partial charge on any atom is 0.319 e. The summed E-state index contributed by atoms with van der Waals surface area (Å²) in [5, 5.41) is 14.3. The van der Waals surface area contributed by atoms with Gasteiger partial charge in [0, 0.05) is 25.3 Å². The monoisotopic (exact) mass is 383 g/mol. The Morgan fingerprint density at radius 2 is 2.07 bits per heavy atom. The molecule has 0 aromatic heterocycles. The minimum Gasteiger partial charge on any atom is -0.489 e. The molecule has 1 aromatic carbocycles. The van der Waals surface area contributed by atoms with E-state index in [-0.39, 0.29) is 30.9 Å². The molecule has 1 aliphatic carbocycles. The third-order valence-electron chi connectivity index (χ3n) is 4.44. The summed E-state index contributed by atoms with van der Waals surface area (Å²) < 4.78 is 23.9. The first-order valence-corrected chi connectivity index (χ1v) is 8.87. The average Bonchev–Trinajstić information content (AvgIpc) is 2.58. The number of benzene rings is 1. The van der Waals surface area contributed by atoms with Crippen LogP contribution in [0, 0.1) is 5.82 Å². The summed E-state index contributed by atoms with van der Waals surface area (Å²) in [6.07, 6.45) is 1.35. The van der Waals surface area contributed by atoms with Crippen LogP contribution < -0.4 is 15.4 Å². The lowest BCUT2D eigenvalue weighted by atomic mass is 9.85. The molecule has 0 spiro atoms. The Bertz CT molecular complexity index is 652. The number of nitrogens with one attached hydrogen (secondary N) is 2. The number of ether oxygens (including phenoxy) is 2. The number of likely N-dealkylation sites (N-methyl/N-ethyl adjacent to an activating group) is 1. The molecule has 0 saturated heterocycles. The van der Waals surface area contributed by atoms with Crippen LogP contribution in [0.1, 0.15) is 19.8 Å². The summed E-state index contributed by atoms with van der Waals surface area (Å²) in [4.78, 5) is 24.9. The zero-order valence-electron chi connectivity index (χ0n) is 15.5. The quantitative estimate of drug-likeness (QED) is 0.534. The van der Waals surface area contributed by atoms with E-state index in [9.17, 15) is 14.0 Å². The Morgan fingerprint density at radius 1 is 1.33 bits per heavy atom. The number of hydrogen-bond donors (Lipinski definition) is 3. The van der Waals surface area contributed by atoms with E-state index >= 15 is 0 Å². The van der Waals surface area contributed by atoms with Gasteiger partial charge >= 0.3 is 12.0 Å². The number of anilines is 1. The van der Waals surface area contributed by atoms with Gasteiger partial charge in [-0.3, -0.25) is 9.69 Å². The number of methoxy groups -OCH3 is 1. The third kappa shape index (κ3) is 6.37. The van der Waals surface area contributed by atoms with Crippen LogP contribution in [-0.4, -0.2) is 67.5 Å². The van der Waals surface area contributed by atoms with Crippen LogP contribution in [0.15, 0.2) is 18.2 Å². The van der Waals surface area contributed by atoms with Crippen molar-refractivity contribution in [1.29, 1.82) is 0 Å². The SMILES string of the molecule is CCN(CC(=O)O)C1CC(NC(=O)Nc2cc(F)ccc2OCCOC)C1. The number of carbonyl (C=O) groups is 2. The Hall–Kier alpha value is -2.39. The average molecular weight is 383 g/mol. The maximum absolute atomic E-state index is 13.5. The first-order chi connectivity index (χ1) is 12.9. The van der Waals surface area contributed by atoms with Crippen LogP contribution in [0.4, 0.5) is 14.9 Å². The molecule has 1 aromatic rings. The highest BCUT2D eigenvalue weighted by Crippen LogP contribution is 2.27. The van der Waals surface area contributed by atoms with Crippen LogP contribution in [0.5, 0.6) is 5.75 Å². The molecule has 2 amide bonds. The van der Waals surface area contributed by atoms with Gasteiger partial charge in [0.2, 0.25) is 0 Å². The molecule has 9 heteroatoms. The minimum atomic E-state index is -0.863. The Kier molecular flexibility index (Phi) is 7.81. The topological polar surface area (TPSA) is 100 Å².